The van der Waals surface area contributed by atoms with Gasteiger partial charge >= 0.3 is 0 Å². The van der Waals surface area contributed by atoms with Crippen LogP contribution in [-0.2, 0) is 9.84 Å². The van der Waals surface area contributed by atoms with Gasteiger partial charge in [-0.25, -0.2) is 8.42 Å². The number of hydrogen-bond donors (Lipinski definition) is 2. The van der Waals surface area contributed by atoms with E-state index >= 15 is 0 Å². The van der Waals surface area contributed by atoms with Gasteiger partial charge < -0.3 is 20.4 Å². The number of aliphatic imine (C=N–C) groups is 1. The van der Waals surface area contributed by atoms with Crippen molar-refractivity contribution in [1.29, 1.82) is 0 Å². The Morgan fingerprint density at radius 3 is 2.36 bits per heavy atom. The summed E-state index contributed by atoms with van der Waals surface area (Å²) in [6.45, 7) is 12.2. The second-order valence-electron chi connectivity index (χ2n) is 6.95. The van der Waals surface area contributed by atoms with E-state index in [9.17, 15) is 8.42 Å². The molecule has 1 aliphatic rings. The second-order valence-corrected chi connectivity index (χ2v) is 9.21. The third kappa shape index (κ3) is 10.7. The first-order chi connectivity index (χ1) is 11.8. The van der Waals surface area contributed by atoms with Gasteiger partial charge in [-0.1, -0.05) is 6.92 Å². The molecule has 1 atom stereocenters. The number of hydrogen-bond acceptors (Lipinski definition) is 5. The molecule has 0 bridgehead atoms. The molecule has 0 spiro atoms. The number of guanidine groups is 1. The Hall–Kier alpha value is -0.860. The highest BCUT2D eigenvalue weighted by Crippen LogP contribution is 2.03. The summed E-state index contributed by atoms with van der Waals surface area (Å²) in [4.78, 5) is 9.25. The van der Waals surface area contributed by atoms with Crippen molar-refractivity contribution in [2.75, 3.05) is 64.9 Å². The Bertz CT molecular complexity index is 487. The summed E-state index contributed by atoms with van der Waals surface area (Å²) in [6.07, 6.45) is 4.14. The molecular formula is C17H37N5O2S. The van der Waals surface area contributed by atoms with Gasteiger partial charge in [0.1, 0.15) is 9.84 Å². The first-order valence-corrected chi connectivity index (χ1v) is 11.5. The van der Waals surface area contributed by atoms with E-state index < -0.39 is 9.84 Å². The van der Waals surface area contributed by atoms with Crippen LogP contribution in [-0.4, -0.2) is 95.1 Å². The summed E-state index contributed by atoms with van der Waals surface area (Å²) >= 11 is 0. The molecule has 1 rings (SSSR count). The molecule has 0 aromatic carbocycles. The minimum Gasteiger partial charge on any atom is -0.356 e. The first-order valence-electron chi connectivity index (χ1n) is 9.43. The lowest BCUT2D eigenvalue weighted by molar-refractivity contribution is 0.136. The van der Waals surface area contributed by atoms with E-state index in [1.54, 1.807) is 7.05 Å². The maximum absolute atomic E-state index is 11.2. The van der Waals surface area contributed by atoms with Gasteiger partial charge in [0.05, 0.1) is 5.75 Å². The van der Waals surface area contributed by atoms with E-state index in [1.165, 1.54) is 38.9 Å². The monoisotopic (exact) mass is 375 g/mol. The average molecular weight is 376 g/mol. The zero-order valence-electron chi connectivity index (χ0n) is 16.4. The van der Waals surface area contributed by atoms with E-state index in [4.69, 9.17) is 0 Å². The molecule has 0 radical (unpaired) electrons. The molecule has 2 N–H and O–H groups in total. The minimum atomic E-state index is -2.91. The molecule has 0 aromatic heterocycles. The quantitative estimate of drug-likeness (QED) is 0.327. The lowest BCUT2D eigenvalue weighted by Crippen LogP contribution is -2.46. The van der Waals surface area contributed by atoms with Crippen LogP contribution < -0.4 is 10.6 Å². The lowest BCUT2D eigenvalue weighted by Gasteiger charge is -2.34. The van der Waals surface area contributed by atoms with Gasteiger partial charge in [0, 0.05) is 52.1 Å². The molecular weight excluding hydrogens is 338 g/mol. The van der Waals surface area contributed by atoms with Gasteiger partial charge in [-0.3, -0.25) is 4.99 Å². The number of sulfone groups is 1. The number of nitrogens with one attached hydrogen (secondary N) is 2. The fourth-order valence-corrected chi connectivity index (χ4v) is 3.67. The third-order valence-electron chi connectivity index (χ3n) is 4.63. The van der Waals surface area contributed by atoms with Gasteiger partial charge in [0.25, 0.3) is 0 Å². The molecule has 25 heavy (non-hydrogen) atoms. The SMILES string of the molecule is CCN1CCN(CCCCNC(=NC)NC(C)CCS(C)(=O)=O)CC1. The molecule has 1 saturated heterocycles. The molecule has 0 saturated carbocycles. The number of piperazine rings is 1. The van der Waals surface area contributed by atoms with Crippen LogP contribution in [0.15, 0.2) is 4.99 Å². The van der Waals surface area contributed by atoms with E-state index in [0.717, 1.165) is 32.0 Å². The van der Waals surface area contributed by atoms with Crippen LogP contribution in [0.2, 0.25) is 0 Å². The summed E-state index contributed by atoms with van der Waals surface area (Å²) in [6, 6.07) is 0.0794. The zero-order chi connectivity index (χ0) is 18.7. The zero-order valence-corrected chi connectivity index (χ0v) is 17.2. The molecule has 1 heterocycles. The Morgan fingerprint density at radius 1 is 1.16 bits per heavy atom. The van der Waals surface area contributed by atoms with Crippen molar-refractivity contribution in [3.63, 3.8) is 0 Å². The number of likely N-dealkylation sites (N-methyl/N-ethyl adjacent to an activating group) is 1. The molecule has 0 aliphatic carbocycles. The number of nitrogens with zero attached hydrogens (tertiary/aromatic N) is 3. The normalized spacial score (nSPS) is 19.0. The highest BCUT2D eigenvalue weighted by Gasteiger charge is 2.14. The molecule has 7 nitrogen and oxygen atoms in total. The molecule has 8 heteroatoms. The molecule has 1 aliphatic heterocycles. The maximum Gasteiger partial charge on any atom is 0.191 e. The van der Waals surface area contributed by atoms with Crippen molar-refractivity contribution < 1.29 is 8.42 Å². The summed E-state index contributed by atoms with van der Waals surface area (Å²) in [7, 11) is -1.17. The van der Waals surface area contributed by atoms with E-state index in [0.29, 0.717) is 6.42 Å². The van der Waals surface area contributed by atoms with Crippen molar-refractivity contribution in [3.8, 4) is 0 Å². The Balaban J connectivity index is 2.11. The van der Waals surface area contributed by atoms with Gasteiger partial charge in [-0.15, -0.1) is 0 Å². The van der Waals surface area contributed by atoms with Crippen molar-refractivity contribution in [2.45, 2.75) is 39.2 Å². The maximum atomic E-state index is 11.2. The van der Waals surface area contributed by atoms with Crippen molar-refractivity contribution in [3.05, 3.63) is 0 Å². The van der Waals surface area contributed by atoms with Gasteiger partial charge in [0.2, 0.25) is 0 Å². The van der Waals surface area contributed by atoms with Crippen molar-refractivity contribution in [1.82, 2.24) is 20.4 Å². The Kier molecular flexibility index (Phi) is 10.4. The lowest BCUT2D eigenvalue weighted by atomic mass is 10.2. The van der Waals surface area contributed by atoms with Crippen LogP contribution in [0.5, 0.6) is 0 Å². The van der Waals surface area contributed by atoms with Crippen LogP contribution in [0, 0.1) is 0 Å². The van der Waals surface area contributed by atoms with Gasteiger partial charge in [0.15, 0.2) is 5.96 Å². The van der Waals surface area contributed by atoms with Crippen molar-refractivity contribution >= 4 is 15.8 Å². The second kappa shape index (κ2) is 11.7. The van der Waals surface area contributed by atoms with Crippen LogP contribution in [0.3, 0.4) is 0 Å². The highest BCUT2D eigenvalue weighted by molar-refractivity contribution is 7.90. The fourth-order valence-electron chi connectivity index (χ4n) is 2.89. The van der Waals surface area contributed by atoms with Crippen LogP contribution in [0.4, 0.5) is 0 Å². The standard InChI is InChI=1S/C17H37N5O2S/c1-5-21-11-13-22(14-12-21)10-7-6-9-19-17(18-3)20-16(2)8-15-25(4,23)24/h16H,5-15H2,1-4H3,(H2,18,19,20). The predicted octanol–water partition coefficient (Wildman–Crippen LogP) is 0.392. The topological polar surface area (TPSA) is 77.0 Å². The number of unbranched alkanes of at least 4 members (excludes halogenated alkanes) is 1. The summed E-state index contributed by atoms with van der Waals surface area (Å²) in [5.74, 6) is 0.946. The highest BCUT2D eigenvalue weighted by atomic mass is 32.2. The summed E-state index contributed by atoms with van der Waals surface area (Å²) in [5.41, 5.74) is 0. The fraction of sp³-hybridized carbons (Fsp3) is 0.941. The van der Waals surface area contributed by atoms with E-state index in [2.05, 4.69) is 32.3 Å². The molecule has 1 fully saturated rings. The first kappa shape index (κ1) is 22.2. The van der Waals surface area contributed by atoms with E-state index in [1.807, 2.05) is 6.92 Å². The smallest absolute Gasteiger partial charge is 0.191 e. The van der Waals surface area contributed by atoms with Crippen LogP contribution in [0.25, 0.3) is 0 Å². The van der Waals surface area contributed by atoms with Crippen molar-refractivity contribution in [2.24, 2.45) is 4.99 Å². The molecule has 148 valence electrons. The Morgan fingerprint density at radius 2 is 1.80 bits per heavy atom. The summed E-state index contributed by atoms with van der Waals surface area (Å²) < 4.78 is 22.4. The minimum absolute atomic E-state index is 0.0794. The average Bonchev–Trinajstić information content (AvgIpc) is 2.58. The van der Waals surface area contributed by atoms with Crippen LogP contribution >= 0.6 is 0 Å². The largest absolute Gasteiger partial charge is 0.356 e. The molecule has 0 amide bonds. The number of rotatable bonds is 10. The van der Waals surface area contributed by atoms with Gasteiger partial charge in [-0.2, -0.15) is 0 Å². The Labute approximate surface area is 154 Å². The van der Waals surface area contributed by atoms with Crippen LogP contribution in [0.1, 0.15) is 33.1 Å². The van der Waals surface area contributed by atoms with Gasteiger partial charge in [-0.05, 0) is 39.3 Å². The molecule has 1 unspecified atom stereocenters. The van der Waals surface area contributed by atoms with E-state index in [-0.39, 0.29) is 11.8 Å². The summed E-state index contributed by atoms with van der Waals surface area (Å²) in [5, 5.41) is 6.56. The third-order valence-corrected chi connectivity index (χ3v) is 5.61. The molecule has 0 aromatic rings. The predicted molar refractivity (Wildman–Crippen MR) is 106 cm³/mol.